The molecule has 0 unspecified atom stereocenters. The second-order valence-electron chi connectivity index (χ2n) is 16.8. The molecule has 0 aliphatic rings. The molecule has 3 nitrogen and oxygen atoms in total. The summed E-state index contributed by atoms with van der Waals surface area (Å²) in [5.74, 6) is 0. The van der Waals surface area contributed by atoms with Crippen LogP contribution >= 0.6 is 0 Å². The molecule has 11 aromatic carbocycles. The van der Waals surface area contributed by atoms with E-state index in [0.717, 1.165) is 78.1 Å². The zero-order valence-corrected chi connectivity index (χ0v) is 35.4. The lowest BCUT2D eigenvalue weighted by molar-refractivity contribution is 0.669. The molecule has 0 aliphatic carbocycles. The first-order valence-corrected chi connectivity index (χ1v) is 22.2. The number of furan rings is 1. The Labute approximate surface area is 376 Å². The van der Waals surface area contributed by atoms with E-state index in [9.17, 15) is 0 Å². The van der Waals surface area contributed by atoms with Gasteiger partial charge in [0, 0.05) is 44.0 Å². The van der Waals surface area contributed by atoms with Crippen LogP contribution in [-0.2, 0) is 0 Å². The van der Waals surface area contributed by atoms with Crippen LogP contribution in [0.4, 0.5) is 17.1 Å². The maximum Gasteiger partial charge on any atom is 0.136 e. The summed E-state index contributed by atoms with van der Waals surface area (Å²) in [5.41, 5.74) is 15.4. The van der Waals surface area contributed by atoms with E-state index in [1.54, 1.807) is 0 Å². The molecule has 2 aromatic heterocycles. The minimum absolute atomic E-state index is 0.877. The Hall–Kier alpha value is -8.66. The molecule has 0 spiro atoms. The number of aromatic nitrogens is 1. The van der Waals surface area contributed by atoms with Gasteiger partial charge in [0.2, 0.25) is 0 Å². The maximum atomic E-state index is 6.44. The standard InChI is InChI=1S/C62H40N2O/c1-2-18-48-42(15-1)31-32-44-39-45(35-38-49(44)48)50-19-3-8-25-56(50)63(59-28-11-6-22-53(59)54-24-14-30-61-62(54)55-23-7-12-29-60(55)65-61)46-36-33-41(34-37-46)43-16-13-17-47(40-43)64-57-26-9-4-20-51(57)52-21-5-10-27-58(52)64/h1-40H. The molecule has 304 valence electrons. The summed E-state index contributed by atoms with van der Waals surface area (Å²) in [7, 11) is 0. The number of hydrogen-bond donors (Lipinski definition) is 0. The largest absolute Gasteiger partial charge is 0.456 e. The zero-order valence-electron chi connectivity index (χ0n) is 35.4. The lowest BCUT2D eigenvalue weighted by Gasteiger charge is -2.30. The van der Waals surface area contributed by atoms with E-state index in [1.807, 2.05) is 6.07 Å². The summed E-state index contributed by atoms with van der Waals surface area (Å²) in [4.78, 5) is 2.44. The topological polar surface area (TPSA) is 21.3 Å². The fraction of sp³-hybridized carbons (Fsp3) is 0. The third-order valence-electron chi connectivity index (χ3n) is 13.2. The highest BCUT2D eigenvalue weighted by atomic mass is 16.3. The van der Waals surface area contributed by atoms with Gasteiger partial charge in [0.25, 0.3) is 0 Å². The fourth-order valence-corrected chi connectivity index (χ4v) is 10.2. The highest BCUT2D eigenvalue weighted by molar-refractivity contribution is 6.14. The first-order chi connectivity index (χ1) is 32.2. The van der Waals surface area contributed by atoms with Crippen LogP contribution in [0.3, 0.4) is 0 Å². The van der Waals surface area contributed by atoms with Crippen LogP contribution in [0.15, 0.2) is 247 Å². The number of nitrogens with zero attached hydrogens (tertiary/aromatic N) is 2. The molecule has 0 saturated heterocycles. The predicted molar refractivity (Wildman–Crippen MR) is 274 cm³/mol. The monoisotopic (exact) mass is 828 g/mol. The van der Waals surface area contributed by atoms with Gasteiger partial charge in [-0.1, -0.05) is 176 Å². The van der Waals surface area contributed by atoms with Crippen LogP contribution in [0.25, 0.3) is 104 Å². The van der Waals surface area contributed by atoms with Crippen LogP contribution in [0.1, 0.15) is 0 Å². The average Bonchev–Trinajstić information content (AvgIpc) is 3.93. The van der Waals surface area contributed by atoms with E-state index in [1.165, 1.54) is 43.4 Å². The summed E-state index contributed by atoms with van der Waals surface area (Å²) >= 11 is 0. The SMILES string of the molecule is c1cc(-c2ccc(N(c3ccccc3-c3ccc4c(ccc5ccccc54)c3)c3ccccc3-c3cccc4oc5ccccc5c34)cc2)cc(-n2c3ccccc3c3ccccc32)c1. The molecular weight excluding hydrogens is 789 g/mol. The summed E-state index contributed by atoms with van der Waals surface area (Å²) in [6.45, 7) is 0. The predicted octanol–water partition coefficient (Wildman–Crippen LogP) is 17.5. The van der Waals surface area contributed by atoms with Gasteiger partial charge in [-0.2, -0.15) is 0 Å². The van der Waals surface area contributed by atoms with Gasteiger partial charge >= 0.3 is 0 Å². The van der Waals surface area contributed by atoms with Gasteiger partial charge in [0.15, 0.2) is 0 Å². The second kappa shape index (κ2) is 15.0. The molecule has 2 heterocycles. The lowest BCUT2D eigenvalue weighted by Crippen LogP contribution is -2.12. The highest BCUT2D eigenvalue weighted by Gasteiger charge is 2.23. The molecule has 13 rings (SSSR count). The normalized spacial score (nSPS) is 11.7. The number of hydrogen-bond acceptors (Lipinski definition) is 2. The Kier molecular flexibility index (Phi) is 8.53. The molecule has 0 saturated carbocycles. The summed E-state index contributed by atoms with van der Waals surface area (Å²) in [6, 6.07) is 87.8. The molecule has 0 bridgehead atoms. The molecule has 0 N–H and O–H groups in total. The average molecular weight is 829 g/mol. The summed E-state index contributed by atoms with van der Waals surface area (Å²) in [6.07, 6.45) is 0. The van der Waals surface area contributed by atoms with Gasteiger partial charge in [0.05, 0.1) is 22.4 Å². The first-order valence-electron chi connectivity index (χ1n) is 22.2. The smallest absolute Gasteiger partial charge is 0.136 e. The van der Waals surface area contributed by atoms with Gasteiger partial charge in [0.1, 0.15) is 11.2 Å². The van der Waals surface area contributed by atoms with Crippen molar-refractivity contribution < 1.29 is 4.42 Å². The van der Waals surface area contributed by atoms with E-state index in [4.69, 9.17) is 4.42 Å². The van der Waals surface area contributed by atoms with Gasteiger partial charge in [-0.3, -0.25) is 0 Å². The van der Waals surface area contributed by atoms with E-state index in [2.05, 4.69) is 246 Å². The van der Waals surface area contributed by atoms with E-state index in [0.29, 0.717) is 0 Å². The van der Waals surface area contributed by atoms with Crippen LogP contribution in [0.2, 0.25) is 0 Å². The third-order valence-corrected chi connectivity index (χ3v) is 13.2. The number of rotatable bonds is 7. The third kappa shape index (κ3) is 6.05. The summed E-state index contributed by atoms with van der Waals surface area (Å²) < 4.78 is 8.82. The van der Waals surface area contributed by atoms with Crippen LogP contribution in [-0.4, -0.2) is 4.57 Å². The van der Waals surface area contributed by atoms with Crippen molar-refractivity contribution in [2.75, 3.05) is 4.90 Å². The Morgan fingerprint density at radius 3 is 1.69 bits per heavy atom. The van der Waals surface area contributed by atoms with Crippen molar-refractivity contribution in [1.29, 1.82) is 0 Å². The minimum atomic E-state index is 0.877. The Bertz CT molecular complexity index is 3910. The van der Waals surface area contributed by atoms with Crippen LogP contribution in [0.5, 0.6) is 0 Å². The van der Waals surface area contributed by atoms with Gasteiger partial charge in [-0.25, -0.2) is 0 Å². The van der Waals surface area contributed by atoms with Crippen molar-refractivity contribution in [1.82, 2.24) is 4.57 Å². The van der Waals surface area contributed by atoms with E-state index >= 15 is 0 Å². The summed E-state index contributed by atoms with van der Waals surface area (Å²) in [5, 5.41) is 9.72. The first kappa shape index (κ1) is 36.9. The Balaban J connectivity index is 0.984. The van der Waals surface area contributed by atoms with Gasteiger partial charge < -0.3 is 13.9 Å². The van der Waals surface area contributed by atoms with E-state index in [-0.39, 0.29) is 0 Å². The minimum Gasteiger partial charge on any atom is -0.456 e. The maximum absolute atomic E-state index is 6.44. The lowest BCUT2D eigenvalue weighted by atomic mass is 9.94. The highest BCUT2D eigenvalue weighted by Crippen LogP contribution is 2.48. The van der Waals surface area contributed by atoms with Crippen molar-refractivity contribution >= 4 is 82.4 Å². The number of benzene rings is 11. The van der Waals surface area contributed by atoms with Crippen molar-refractivity contribution in [2.45, 2.75) is 0 Å². The molecule has 13 aromatic rings. The second-order valence-corrected chi connectivity index (χ2v) is 16.8. The van der Waals surface area contributed by atoms with Gasteiger partial charge in [-0.15, -0.1) is 0 Å². The molecule has 0 radical (unpaired) electrons. The molecule has 0 amide bonds. The number of fused-ring (bicyclic) bond motifs is 9. The quantitative estimate of drug-likeness (QED) is 0.149. The molecule has 0 atom stereocenters. The van der Waals surface area contributed by atoms with E-state index < -0.39 is 0 Å². The van der Waals surface area contributed by atoms with Crippen LogP contribution in [0, 0.1) is 0 Å². The molecule has 3 heteroatoms. The van der Waals surface area contributed by atoms with Crippen LogP contribution < -0.4 is 4.90 Å². The molecule has 0 aliphatic heterocycles. The zero-order chi connectivity index (χ0) is 42.8. The Morgan fingerprint density at radius 2 is 0.892 bits per heavy atom. The van der Waals surface area contributed by atoms with Crippen molar-refractivity contribution in [3.63, 3.8) is 0 Å². The van der Waals surface area contributed by atoms with Crippen molar-refractivity contribution in [2.24, 2.45) is 0 Å². The number of anilines is 3. The Morgan fingerprint density at radius 1 is 0.323 bits per heavy atom. The number of para-hydroxylation sites is 5. The molecule has 65 heavy (non-hydrogen) atoms. The fourth-order valence-electron chi connectivity index (χ4n) is 10.2. The molecular formula is C62H40N2O. The van der Waals surface area contributed by atoms with Gasteiger partial charge in [-0.05, 0) is 111 Å². The van der Waals surface area contributed by atoms with Crippen molar-refractivity contribution in [3.05, 3.63) is 243 Å². The van der Waals surface area contributed by atoms with Crippen molar-refractivity contribution in [3.8, 4) is 39.1 Å². The molecule has 0 fully saturated rings.